The minimum absolute atomic E-state index is 0. The molecule has 0 atom stereocenters. The Hall–Kier alpha value is 0.170. The minimum atomic E-state index is -0.803. The van der Waals surface area contributed by atoms with E-state index < -0.39 is 5.97 Å². The zero-order valence-electron chi connectivity index (χ0n) is 6.75. The summed E-state index contributed by atoms with van der Waals surface area (Å²) in [5, 5.41) is 8.44. The minimum Gasteiger partial charge on any atom is -0.481 e. The van der Waals surface area contributed by atoms with Crippen LogP contribution in [0.25, 0.3) is 0 Å². The number of hydrogen-bond donors (Lipinski definition) is 1. The number of rotatable bonds is 2. The molecule has 0 aliphatic carbocycles. The molecule has 0 heterocycles. The van der Waals surface area contributed by atoms with Crippen molar-refractivity contribution in [1.82, 2.24) is 0 Å². The van der Waals surface area contributed by atoms with Gasteiger partial charge in [-0.2, -0.15) is 0 Å². The summed E-state index contributed by atoms with van der Waals surface area (Å²) in [5.41, 5.74) is 0.812. The van der Waals surface area contributed by atoms with Crippen LogP contribution >= 0.6 is 15.9 Å². The van der Waals surface area contributed by atoms with Crippen molar-refractivity contribution >= 4 is 51.5 Å². The van der Waals surface area contributed by atoms with Crippen LogP contribution in [0.2, 0.25) is 0 Å². The standard InChI is InChI=1S/C8H7BrO2.Na/c9-7-3-1-2-6(4-7)5-8(10)11;/h1-4H,5H2,(H,10,11);. The van der Waals surface area contributed by atoms with Crippen LogP contribution in [-0.4, -0.2) is 40.6 Å². The molecule has 59 valence electrons. The Labute approximate surface area is 101 Å². The van der Waals surface area contributed by atoms with Crippen molar-refractivity contribution in [3.8, 4) is 0 Å². The molecule has 12 heavy (non-hydrogen) atoms. The third kappa shape index (κ3) is 4.26. The summed E-state index contributed by atoms with van der Waals surface area (Å²) in [6, 6.07) is 7.28. The van der Waals surface area contributed by atoms with Gasteiger partial charge in [-0.25, -0.2) is 0 Å². The zero-order valence-corrected chi connectivity index (χ0v) is 10.3. The van der Waals surface area contributed by atoms with Gasteiger partial charge >= 0.3 is 5.97 Å². The summed E-state index contributed by atoms with van der Waals surface area (Å²) < 4.78 is 0.913. The van der Waals surface area contributed by atoms with Gasteiger partial charge in [-0.15, -0.1) is 0 Å². The van der Waals surface area contributed by atoms with Crippen LogP contribution < -0.4 is 0 Å². The topological polar surface area (TPSA) is 37.3 Å². The molecule has 0 saturated heterocycles. The summed E-state index contributed by atoms with van der Waals surface area (Å²) in [6.45, 7) is 0. The number of aliphatic carboxylic acids is 1. The molecule has 1 aromatic rings. The predicted octanol–water partition coefficient (Wildman–Crippen LogP) is 1.70. The molecule has 1 rings (SSSR count). The quantitative estimate of drug-likeness (QED) is 0.796. The summed E-state index contributed by atoms with van der Waals surface area (Å²) in [7, 11) is 0. The van der Waals surface area contributed by atoms with Gasteiger partial charge in [0.15, 0.2) is 0 Å². The second kappa shape index (κ2) is 5.75. The monoisotopic (exact) mass is 237 g/mol. The molecule has 0 aliphatic rings. The molecule has 0 fully saturated rings. The van der Waals surface area contributed by atoms with Gasteiger partial charge < -0.3 is 5.11 Å². The molecular weight excluding hydrogens is 231 g/mol. The largest absolute Gasteiger partial charge is 0.481 e. The number of hydrogen-bond acceptors (Lipinski definition) is 1. The van der Waals surface area contributed by atoms with Crippen LogP contribution in [-0.2, 0) is 11.2 Å². The van der Waals surface area contributed by atoms with E-state index in [0.717, 1.165) is 10.0 Å². The zero-order chi connectivity index (χ0) is 8.27. The number of carboxylic acids is 1. The van der Waals surface area contributed by atoms with E-state index in [9.17, 15) is 4.79 Å². The molecule has 0 spiro atoms. The van der Waals surface area contributed by atoms with Gasteiger partial charge in [0.05, 0.1) is 6.42 Å². The van der Waals surface area contributed by atoms with Crippen LogP contribution in [0.15, 0.2) is 28.7 Å². The van der Waals surface area contributed by atoms with Crippen molar-refractivity contribution in [3.05, 3.63) is 34.3 Å². The van der Waals surface area contributed by atoms with Crippen molar-refractivity contribution in [2.24, 2.45) is 0 Å². The molecule has 0 aliphatic heterocycles. The van der Waals surface area contributed by atoms with E-state index in [1.165, 1.54) is 0 Å². The van der Waals surface area contributed by atoms with Gasteiger partial charge in [-0.05, 0) is 17.7 Å². The third-order valence-corrected chi connectivity index (χ3v) is 1.74. The smallest absolute Gasteiger partial charge is 0.307 e. The average molecular weight is 238 g/mol. The first-order chi connectivity index (χ1) is 5.18. The summed E-state index contributed by atoms with van der Waals surface area (Å²) in [5.74, 6) is -0.803. The Balaban J connectivity index is 0.00000121. The number of halogens is 1. The second-order valence-electron chi connectivity index (χ2n) is 2.20. The van der Waals surface area contributed by atoms with E-state index in [0.29, 0.717) is 0 Å². The molecule has 0 amide bonds. The predicted molar refractivity (Wildman–Crippen MR) is 51.2 cm³/mol. The first-order valence-electron chi connectivity index (χ1n) is 3.15. The average Bonchev–Trinajstić information content (AvgIpc) is 1.85. The normalized spacial score (nSPS) is 8.75. The van der Waals surface area contributed by atoms with Gasteiger partial charge in [0, 0.05) is 34.0 Å². The number of carbonyl (C=O) groups is 1. The van der Waals surface area contributed by atoms with Crippen molar-refractivity contribution in [2.45, 2.75) is 6.42 Å². The van der Waals surface area contributed by atoms with Crippen molar-refractivity contribution in [3.63, 3.8) is 0 Å². The fourth-order valence-electron chi connectivity index (χ4n) is 0.822. The van der Waals surface area contributed by atoms with E-state index in [1.807, 2.05) is 12.1 Å². The van der Waals surface area contributed by atoms with Gasteiger partial charge in [-0.3, -0.25) is 4.79 Å². The van der Waals surface area contributed by atoms with Gasteiger partial charge in [0.1, 0.15) is 0 Å². The maximum absolute atomic E-state index is 10.3. The number of benzene rings is 1. The van der Waals surface area contributed by atoms with Crippen LogP contribution in [0, 0.1) is 0 Å². The van der Waals surface area contributed by atoms with Gasteiger partial charge in [0.25, 0.3) is 0 Å². The molecule has 0 bridgehead atoms. The van der Waals surface area contributed by atoms with Gasteiger partial charge in [-0.1, -0.05) is 28.1 Å². The van der Waals surface area contributed by atoms with Crippen LogP contribution in [0.4, 0.5) is 0 Å². The maximum Gasteiger partial charge on any atom is 0.307 e. The van der Waals surface area contributed by atoms with Crippen molar-refractivity contribution in [1.29, 1.82) is 0 Å². The SMILES string of the molecule is O=C(O)Cc1cccc(Br)c1.[Na]. The Morgan fingerprint density at radius 2 is 2.17 bits per heavy atom. The Morgan fingerprint density at radius 3 is 2.67 bits per heavy atom. The first-order valence-corrected chi connectivity index (χ1v) is 3.94. The Morgan fingerprint density at radius 1 is 1.50 bits per heavy atom. The van der Waals surface area contributed by atoms with E-state index in [2.05, 4.69) is 15.9 Å². The molecule has 0 saturated carbocycles. The van der Waals surface area contributed by atoms with Gasteiger partial charge in [0.2, 0.25) is 0 Å². The first kappa shape index (κ1) is 12.2. The maximum atomic E-state index is 10.3. The molecule has 2 nitrogen and oxygen atoms in total. The van der Waals surface area contributed by atoms with E-state index in [4.69, 9.17) is 5.11 Å². The van der Waals surface area contributed by atoms with Crippen LogP contribution in [0.5, 0.6) is 0 Å². The molecule has 1 N–H and O–H groups in total. The molecule has 1 aromatic carbocycles. The van der Waals surface area contributed by atoms with E-state index in [-0.39, 0.29) is 36.0 Å². The Kier molecular flexibility index (Phi) is 5.84. The van der Waals surface area contributed by atoms with Crippen molar-refractivity contribution in [2.75, 3.05) is 0 Å². The van der Waals surface area contributed by atoms with E-state index >= 15 is 0 Å². The summed E-state index contributed by atoms with van der Waals surface area (Å²) in [6.07, 6.45) is 0.0828. The second-order valence-corrected chi connectivity index (χ2v) is 3.12. The molecule has 0 unspecified atom stereocenters. The Bertz CT molecular complexity index is 276. The summed E-state index contributed by atoms with van der Waals surface area (Å²) in [4.78, 5) is 10.3. The number of carboxylic acid groups (broad SMARTS) is 1. The van der Waals surface area contributed by atoms with Crippen LogP contribution in [0.3, 0.4) is 0 Å². The van der Waals surface area contributed by atoms with E-state index in [1.54, 1.807) is 12.1 Å². The fourth-order valence-corrected chi connectivity index (χ4v) is 1.27. The molecule has 0 aromatic heterocycles. The summed E-state index contributed by atoms with van der Waals surface area (Å²) >= 11 is 3.26. The fraction of sp³-hybridized carbons (Fsp3) is 0.125. The van der Waals surface area contributed by atoms with Crippen LogP contribution in [0.1, 0.15) is 5.56 Å². The molecule has 4 heteroatoms. The molecular formula is C8H7BrNaO2. The third-order valence-electron chi connectivity index (χ3n) is 1.24. The van der Waals surface area contributed by atoms with Crippen molar-refractivity contribution < 1.29 is 9.90 Å². The molecule has 1 radical (unpaired) electrons.